The maximum atomic E-state index is 4.51. The van der Waals surface area contributed by atoms with Crippen molar-refractivity contribution in [2.24, 2.45) is 6.99 Å². The molecule has 0 heterocycles. The first-order valence-corrected chi connectivity index (χ1v) is 12.5. The molecule has 0 spiro atoms. The van der Waals surface area contributed by atoms with Gasteiger partial charge < -0.3 is 10.6 Å². The standard InChI is InChI=1S/2C7H16N.2C4H9N.Mo/c2*1-4-5-6-8-7(2)3;2*1-4(2,3)5;/h2*7H,4-6H2,1-3H3;2*1-3H3;/q2*-1;;;+2. The normalized spacial score (nSPS) is 11.2. The molecule has 0 fully saturated rings. The van der Waals surface area contributed by atoms with Crippen LogP contribution in [0.1, 0.15) is 109 Å². The molecular formula is C22H50MoN4. The van der Waals surface area contributed by atoms with E-state index in [1.54, 1.807) is 0 Å². The minimum atomic E-state index is -0.473. The van der Waals surface area contributed by atoms with Gasteiger partial charge in [-0.2, -0.15) is 0 Å². The van der Waals surface area contributed by atoms with E-state index >= 15 is 0 Å². The van der Waals surface area contributed by atoms with E-state index in [0.717, 1.165) is 13.1 Å². The van der Waals surface area contributed by atoms with Crippen molar-refractivity contribution in [3.63, 3.8) is 0 Å². The Morgan fingerprint density at radius 1 is 0.667 bits per heavy atom. The molecule has 0 atom stereocenters. The molecule has 0 unspecified atom stereocenters. The zero-order valence-electron chi connectivity index (χ0n) is 20.6. The fourth-order valence-electron chi connectivity index (χ4n) is 1.28. The first kappa shape index (κ1) is 31.9. The quantitative estimate of drug-likeness (QED) is 0.256. The molecule has 4 nitrogen and oxygen atoms in total. The van der Waals surface area contributed by atoms with Crippen molar-refractivity contribution in [1.82, 2.24) is 0 Å². The van der Waals surface area contributed by atoms with Crippen LogP contribution in [0.2, 0.25) is 0 Å². The molecule has 0 amide bonds. The molecule has 0 aliphatic heterocycles. The van der Waals surface area contributed by atoms with E-state index in [2.05, 4.69) is 101 Å². The number of rotatable bonds is 8. The molecule has 0 saturated carbocycles. The minimum Gasteiger partial charge on any atom is -0.660 e. The SMILES string of the molecule is CC(C)(C)[N]=[Mo+2]=[N]C(C)(C)C.CCCC[N-]C(C)C.CCCC[N-]C(C)C. The predicted octanol–water partition coefficient (Wildman–Crippen LogP) is 8.17. The molecule has 0 bridgehead atoms. The fraction of sp³-hybridized carbons (Fsp3) is 1.00. The third-order valence-corrected chi connectivity index (χ3v) is 5.74. The summed E-state index contributed by atoms with van der Waals surface area (Å²) in [6.07, 6.45) is 5.02. The van der Waals surface area contributed by atoms with E-state index in [0.29, 0.717) is 12.1 Å². The van der Waals surface area contributed by atoms with Crippen LogP contribution in [0.25, 0.3) is 10.6 Å². The predicted molar refractivity (Wildman–Crippen MR) is 121 cm³/mol. The minimum absolute atomic E-state index is 0.108. The van der Waals surface area contributed by atoms with E-state index in [4.69, 9.17) is 0 Å². The van der Waals surface area contributed by atoms with Gasteiger partial charge in [0.05, 0.1) is 0 Å². The first-order chi connectivity index (χ1) is 12.2. The van der Waals surface area contributed by atoms with Gasteiger partial charge in [0.15, 0.2) is 0 Å². The molecule has 0 aliphatic rings. The van der Waals surface area contributed by atoms with Gasteiger partial charge in [-0.15, -0.1) is 25.2 Å². The van der Waals surface area contributed by atoms with Crippen LogP contribution >= 0.6 is 0 Å². The molecule has 0 aromatic carbocycles. The van der Waals surface area contributed by atoms with Crippen LogP contribution in [0.15, 0.2) is 6.99 Å². The van der Waals surface area contributed by atoms with Crippen LogP contribution in [0.4, 0.5) is 0 Å². The van der Waals surface area contributed by atoms with Crippen molar-refractivity contribution in [2.45, 2.75) is 132 Å². The van der Waals surface area contributed by atoms with E-state index in [9.17, 15) is 0 Å². The van der Waals surface area contributed by atoms with E-state index in [1.807, 2.05) is 0 Å². The average molecular weight is 467 g/mol. The maximum Gasteiger partial charge on any atom is -0.0578 e. The van der Waals surface area contributed by atoms with Crippen molar-refractivity contribution in [2.75, 3.05) is 13.1 Å². The van der Waals surface area contributed by atoms with Crippen LogP contribution in [-0.2, 0) is 18.2 Å². The van der Waals surface area contributed by atoms with Gasteiger partial charge in [-0.3, -0.25) is 0 Å². The molecule has 27 heavy (non-hydrogen) atoms. The Balaban J connectivity index is -0.000000327. The Morgan fingerprint density at radius 3 is 1.15 bits per heavy atom. The van der Waals surface area contributed by atoms with Crippen molar-refractivity contribution >= 4 is 0 Å². The molecule has 164 valence electrons. The maximum absolute atomic E-state index is 4.51. The summed E-state index contributed by atoms with van der Waals surface area (Å²) in [5.41, 5.74) is 0.216. The Hall–Kier alpha value is 0.208. The molecule has 0 saturated heterocycles. The van der Waals surface area contributed by atoms with Gasteiger partial charge in [0.2, 0.25) is 0 Å². The third kappa shape index (κ3) is 46.3. The summed E-state index contributed by atoms with van der Waals surface area (Å²) in [6, 6.07) is 1.06. The molecule has 0 aromatic heterocycles. The number of unbranched alkanes of at least 4 members (excludes halogenated alkanes) is 2. The summed E-state index contributed by atoms with van der Waals surface area (Å²) in [5, 5.41) is 8.63. The summed E-state index contributed by atoms with van der Waals surface area (Å²) in [6.45, 7) is 27.7. The van der Waals surface area contributed by atoms with Gasteiger partial charge in [-0.1, -0.05) is 67.2 Å². The van der Waals surface area contributed by atoms with Crippen molar-refractivity contribution in [3.05, 3.63) is 10.6 Å². The molecule has 5 heteroatoms. The molecule has 0 aromatic rings. The van der Waals surface area contributed by atoms with Gasteiger partial charge >= 0.3 is 77.8 Å². The third-order valence-electron chi connectivity index (χ3n) is 2.64. The molecule has 0 rings (SSSR count). The van der Waals surface area contributed by atoms with Crippen LogP contribution in [0, 0.1) is 0 Å². The van der Waals surface area contributed by atoms with Crippen molar-refractivity contribution in [3.8, 4) is 0 Å². The number of hydrogen-bond acceptors (Lipinski definition) is 2. The fourth-order valence-corrected chi connectivity index (χ4v) is 2.59. The smallest absolute Gasteiger partial charge is 0.0578 e. The summed E-state index contributed by atoms with van der Waals surface area (Å²) in [4.78, 5) is 0. The van der Waals surface area contributed by atoms with Crippen LogP contribution < -0.4 is 0 Å². The molecule has 0 N–H and O–H groups in total. The van der Waals surface area contributed by atoms with E-state index in [-0.39, 0.29) is 11.1 Å². The average Bonchev–Trinajstić information content (AvgIpc) is 2.45. The monoisotopic (exact) mass is 468 g/mol. The second kappa shape index (κ2) is 19.5. The Kier molecular flexibility index (Phi) is 23.1. The van der Waals surface area contributed by atoms with Crippen molar-refractivity contribution < 1.29 is 18.2 Å². The second-order valence-electron chi connectivity index (χ2n) is 9.31. The topological polar surface area (TPSA) is 52.9 Å². The van der Waals surface area contributed by atoms with Crippen LogP contribution in [-0.4, -0.2) is 36.3 Å². The van der Waals surface area contributed by atoms with E-state index in [1.165, 1.54) is 25.7 Å². The Morgan fingerprint density at radius 2 is 0.963 bits per heavy atom. The Labute approximate surface area is 180 Å². The molecule has 0 aliphatic carbocycles. The van der Waals surface area contributed by atoms with Gasteiger partial charge in [0.1, 0.15) is 0 Å². The van der Waals surface area contributed by atoms with E-state index < -0.39 is 18.2 Å². The van der Waals surface area contributed by atoms with Gasteiger partial charge in [0.25, 0.3) is 0 Å². The van der Waals surface area contributed by atoms with Crippen LogP contribution in [0.3, 0.4) is 0 Å². The van der Waals surface area contributed by atoms with Crippen LogP contribution in [0.5, 0.6) is 0 Å². The zero-order chi connectivity index (χ0) is 21.9. The second-order valence-corrected chi connectivity index (χ2v) is 10.6. The summed E-state index contributed by atoms with van der Waals surface area (Å²) in [7, 11) is 0. The van der Waals surface area contributed by atoms with Gasteiger partial charge in [-0.25, -0.2) is 0 Å². The van der Waals surface area contributed by atoms with Gasteiger partial charge in [0, 0.05) is 0 Å². The summed E-state index contributed by atoms with van der Waals surface area (Å²) in [5.74, 6) is 0. The summed E-state index contributed by atoms with van der Waals surface area (Å²) < 4.78 is 9.01. The zero-order valence-corrected chi connectivity index (χ0v) is 22.6. The number of nitrogens with zero attached hydrogens (tertiary/aromatic N) is 4. The Bertz CT molecular complexity index is 327. The summed E-state index contributed by atoms with van der Waals surface area (Å²) >= 11 is -0.473. The molecular weight excluding hydrogens is 416 g/mol. The number of hydrogen-bond donors (Lipinski definition) is 0. The first-order valence-electron chi connectivity index (χ1n) is 10.7. The van der Waals surface area contributed by atoms with Crippen molar-refractivity contribution in [1.29, 1.82) is 0 Å². The van der Waals surface area contributed by atoms with Gasteiger partial charge in [-0.05, 0) is 0 Å². The molecule has 0 radical (unpaired) electrons. The largest absolute Gasteiger partial charge is 0.660 e.